The van der Waals surface area contributed by atoms with Gasteiger partial charge >= 0.3 is 0 Å². The molecular formula is C31H23N5OS2. The molecule has 6 rings (SSSR count). The van der Waals surface area contributed by atoms with Gasteiger partial charge in [0, 0.05) is 29.2 Å². The second-order valence-corrected chi connectivity index (χ2v) is 10.6. The van der Waals surface area contributed by atoms with E-state index in [2.05, 4.69) is 46.9 Å². The summed E-state index contributed by atoms with van der Waals surface area (Å²) in [4.78, 5) is 24.2. The lowest BCUT2D eigenvalue weighted by atomic mass is 10.1. The first-order valence-corrected chi connectivity index (χ1v) is 14.0. The maximum atomic E-state index is 13.1. The van der Waals surface area contributed by atoms with Crippen LogP contribution in [0.3, 0.4) is 0 Å². The van der Waals surface area contributed by atoms with Crippen molar-refractivity contribution in [3.8, 4) is 28.2 Å². The van der Waals surface area contributed by atoms with Gasteiger partial charge in [-0.2, -0.15) is 10.1 Å². The number of aromatic nitrogens is 3. The molecule has 3 heterocycles. The minimum Gasteiger partial charge on any atom is -0.282 e. The Labute approximate surface area is 234 Å². The van der Waals surface area contributed by atoms with Crippen LogP contribution >= 0.6 is 23.1 Å². The van der Waals surface area contributed by atoms with E-state index in [1.54, 1.807) is 17.2 Å². The van der Waals surface area contributed by atoms with Gasteiger partial charge in [-0.25, -0.2) is 9.67 Å². The van der Waals surface area contributed by atoms with Crippen LogP contribution in [0.1, 0.15) is 5.56 Å². The third-order valence-corrected chi connectivity index (χ3v) is 7.77. The third kappa shape index (κ3) is 5.25. The standard InChI is InChI=1S/C31H23N5OS2/c1-2-18-35-29(37)28(39-31(35)33-30-32-17-19-38-30)20-22-13-15-25(16-14-22)36-27(24-11-7-4-8-12-24)21-26(34-36)23-9-5-3-6-10-23/h2-17,19-21H,1,18H2. The molecule has 8 heteroatoms. The van der Waals surface area contributed by atoms with Gasteiger partial charge in [0.15, 0.2) is 5.17 Å². The summed E-state index contributed by atoms with van der Waals surface area (Å²) in [6.45, 7) is 4.18. The van der Waals surface area contributed by atoms with Gasteiger partial charge in [0.05, 0.1) is 22.0 Å². The summed E-state index contributed by atoms with van der Waals surface area (Å²) in [7, 11) is 0. The number of hydrogen-bond acceptors (Lipinski definition) is 6. The summed E-state index contributed by atoms with van der Waals surface area (Å²) in [5.74, 6) is -0.0924. The number of amidine groups is 1. The first-order chi connectivity index (χ1) is 19.2. The molecule has 0 atom stereocenters. The van der Waals surface area contributed by atoms with E-state index < -0.39 is 0 Å². The van der Waals surface area contributed by atoms with Gasteiger partial charge in [-0.1, -0.05) is 78.9 Å². The summed E-state index contributed by atoms with van der Waals surface area (Å²) in [6.07, 6.45) is 5.30. The zero-order valence-electron chi connectivity index (χ0n) is 20.8. The Morgan fingerprint density at radius 2 is 1.64 bits per heavy atom. The average molecular weight is 546 g/mol. The third-order valence-electron chi connectivity index (χ3n) is 6.09. The van der Waals surface area contributed by atoms with Gasteiger partial charge in [0.25, 0.3) is 5.91 Å². The minimum atomic E-state index is -0.0924. The Morgan fingerprint density at radius 3 is 2.31 bits per heavy atom. The second-order valence-electron chi connectivity index (χ2n) is 8.67. The molecule has 1 fully saturated rings. The van der Waals surface area contributed by atoms with Gasteiger partial charge in [-0.05, 0) is 41.6 Å². The summed E-state index contributed by atoms with van der Waals surface area (Å²) >= 11 is 2.78. The van der Waals surface area contributed by atoms with Crippen LogP contribution in [-0.2, 0) is 4.79 Å². The fourth-order valence-corrected chi connectivity index (χ4v) is 5.79. The van der Waals surface area contributed by atoms with Crippen LogP contribution in [0.4, 0.5) is 5.13 Å². The molecule has 1 aliphatic rings. The number of carbonyl (C=O) groups is 1. The van der Waals surface area contributed by atoms with Crippen LogP contribution in [0.5, 0.6) is 0 Å². The van der Waals surface area contributed by atoms with Crippen LogP contribution in [0.25, 0.3) is 34.3 Å². The molecule has 0 radical (unpaired) electrons. The van der Waals surface area contributed by atoms with Crippen LogP contribution < -0.4 is 0 Å². The average Bonchev–Trinajstić information content (AvgIpc) is 3.72. The van der Waals surface area contributed by atoms with E-state index in [1.165, 1.54) is 23.1 Å². The van der Waals surface area contributed by atoms with Crippen LogP contribution in [0, 0.1) is 0 Å². The molecule has 39 heavy (non-hydrogen) atoms. The molecule has 0 saturated carbocycles. The fourth-order valence-electron chi connectivity index (χ4n) is 4.24. The molecule has 5 aromatic rings. The van der Waals surface area contributed by atoms with Gasteiger partial charge in [0.2, 0.25) is 5.13 Å². The van der Waals surface area contributed by atoms with Crippen molar-refractivity contribution in [1.29, 1.82) is 0 Å². The molecule has 1 saturated heterocycles. The smallest absolute Gasteiger partial charge is 0.267 e. The second kappa shape index (κ2) is 11.1. The zero-order valence-corrected chi connectivity index (χ0v) is 22.5. The lowest BCUT2D eigenvalue weighted by Gasteiger charge is -2.11. The Bertz CT molecular complexity index is 1670. The maximum Gasteiger partial charge on any atom is 0.267 e. The molecule has 1 amide bonds. The summed E-state index contributed by atoms with van der Waals surface area (Å²) in [5.41, 5.74) is 5.91. The number of rotatable bonds is 7. The van der Waals surface area contributed by atoms with E-state index in [9.17, 15) is 4.79 Å². The molecule has 0 spiro atoms. The van der Waals surface area contributed by atoms with Gasteiger partial charge in [-0.15, -0.1) is 17.9 Å². The number of amides is 1. The molecular weight excluding hydrogens is 523 g/mol. The largest absolute Gasteiger partial charge is 0.282 e. The van der Waals surface area contributed by atoms with E-state index in [0.29, 0.717) is 21.7 Å². The number of carbonyl (C=O) groups excluding carboxylic acids is 1. The number of thiazole rings is 1. The highest BCUT2D eigenvalue weighted by Crippen LogP contribution is 2.35. The van der Waals surface area contributed by atoms with Crippen molar-refractivity contribution in [3.63, 3.8) is 0 Å². The predicted octanol–water partition coefficient (Wildman–Crippen LogP) is 7.45. The first-order valence-electron chi connectivity index (χ1n) is 12.3. The molecule has 6 nitrogen and oxygen atoms in total. The summed E-state index contributed by atoms with van der Waals surface area (Å²) in [5, 5.41) is 8.04. The van der Waals surface area contributed by atoms with Crippen LogP contribution in [-0.4, -0.2) is 37.3 Å². The summed E-state index contributed by atoms with van der Waals surface area (Å²) < 4.78 is 1.97. The van der Waals surface area contributed by atoms with Crippen LogP contribution in [0.15, 0.2) is 125 Å². The maximum absolute atomic E-state index is 13.1. The number of nitrogens with zero attached hydrogens (tertiary/aromatic N) is 5. The number of hydrogen-bond donors (Lipinski definition) is 0. The lowest BCUT2D eigenvalue weighted by molar-refractivity contribution is -0.121. The van der Waals surface area contributed by atoms with E-state index in [4.69, 9.17) is 5.10 Å². The predicted molar refractivity (Wildman–Crippen MR) is 161 cm³/mol. The van der Waals surface area contributed by atoms with E-state index in [1.807, 2.05) is 76.8 Å². The Morgan fingerprint density at radius 1 is 0.923 bits per heavy atom. The Hall–Kier alpha value is -4.53. The van der Waals surface area contributed by atoms with E-state index in [0.717, 1.165) is 33.8 Å². The normalized spacial score (nSPS) is 15.4. The highest BCUT2D eigenvalue weighted by Gasteiger charge is 2.32. The number of benzene rings is 3. The van der Waals surface area contributed by atoms with Gasteiger partial charge < -0.3 is 0 Å². The first kappa shape index (κ1) is 24.8. The van der Waals surface area contributed by atoms with Gasteiger partial charge in [-0.3, -0.25) is 9.69 Å². The van der Waals surface area contributed by atoms with Crippen molar-refractivity contribution in [1.82, 2.24) is 19.7 Å². The van der Waals surface area contributed by atoms with E-state index >= 15 is 0 Å². The highest BCUT2D eigenvalue weighted by molar-refractivity contribution is 8.18. The molecule has 190 valence electrons. The van der Waals surface area contributed by atoms with Crippen molar-refractivity contribution in [2.45, 2.75) is 0 Å². The van der Waals surface area contributed by atoms with Gasteiger partial charge in [0.1, 0.15) is 0 Å². The van der Waals surface area contributed by atoms with Crippen molar-refractivity contribution in [3.05, 3.63) is 126 Å². The zero-order chi connectivity index (χ0) is 26.6. The quantitative estimate of drug-likeness (QED) is 0.157. The molecule has 0 N–H and O–H groups in total. The van der Waals surface area contributed by atoms with Crippen LogP contribution in [0.2, 0.25) is 0 Å². The molecule has 2 aromatic heterocycles. The van der Waals surface area contributed by atoms with Crippen molar-refractivity contribution < 1.29 is 4.79 Å². The topological polar surface area (TPSA) is 63.4 Å². The molecule has 0 aliphatic carbocycles. The summed E-state index contributed by atoms with van der Waals surface area (Å²) in [6, 6.07) is 30.6. The SMILES string of the molecule is C=CCN1C(=O)C(=Cc2ccc(-n3nc(-c4ccccc4)cc3-c3ccccc3)cc2)SC1=Nc1nccs1. The Balaban J connectivity index is 1.33. The monoisotopic (exact) mass is 545 g/mol. The van der Waals surface area contributed by atoms with E-state index in [-0.39, 0.29) is 5.91 Å². The van der Waals surface area contributed by atoms with Crippen molar-refractivity contribution in [2.24, 2.45) is 4.99 Å². The lowest BCUT2D eigenvalue weighted by Crippen LogP contribution is -2.29. The van der Waals surface area contributed by atoms with Crippen molar-refractivity contribution >= 4 is 45.4 Å². The minimum absolute atomic E-state index is 0.0924. The highest BCUT2D eigenvalue weighted by atomic mass is 32.2. The molecule has 0 bridgehead atoms. The molecule has 3 aromatic carbocycles. The molecule has 1 aliphatic heterocycles. The Kier molecular flexibility index (Phi) is 7.03. The fraction of sp³-hybridized carbons (Fsp3) is 0.0323. The molecule has 0 unspecified atom stereocenters. The number of aliphatic imine (C=N–C) groups is 1. The van der Waals surface area contributed by atoms with Crippen molar-refractivity contribution in [2.75, 3.05) is 6.54 Å². The number of thioether (sulfide) groups is 1.